The van der Waals surface area contributed by atoms with Gasteiger partial charge in [0.15, 0.2) is 6.23 Å². The van der Waals surface area contributed by atoms with E-state index in [9.17, 15) is 14.7 Å². The van der Waals surface area contributed by atoms with E-state index in [1.165, 1.54) is 16.8 Å². The fraction of sp³-hybridized carbons (Fsp3) is 0.421. The number of benzene rings is 1. The molecule has 2 aromatic rings. The Kier molecular flexibility index (Phi) is 6.00. The van der Waals surface area contributed by atoms with Crippen LogP contribution >= 0.6 is 0 Å². The molecular weight excluding hydrogens is 350 g/mol. The maximum atomic E-state index is 12.5. The van der Waals surface area contributed by atoms with E-state index in [-0.39, 0.29) is 11.7 Å². The van der Waals surface area contributed by atoms with Crippen LogP contribution in [0.1, 0.15) is 36.9 Å². The third-order valence-electron chi connectivity index (χ3n) is 4.46. The predicted molar refractivity (Wildman–Crippen MR) is 98.5 cm³/mol. The molecule has 8 nitrogen and oxygen atoms in total. The summed E-state index contributed by atoms with van der Waals surface area (Å²) in [5.74, 6) is -0.213. The molecule has 1 aliphatic rings. The van der Waals surface area contributed by atoms with E-state index in [0.29, 0.717) is 18.6 Å². The van der Waals surface area contributed by atoms with Gasteiger partial charge in [0, 0.05) is 18.4 Å². The lowest BCUT2D eigenvalue weighted by Gasteiger charge is -2.21. The van der Waals surface area contributed by atoms with Gasteiger partial charge in [0.05, 0.1) is 6.10 Å². The molecule has 0 bridgehead atoms. The highest BCUT2D eigenvalue weighted by Gasteiger charge is 2.44. The Morgan fingerprint density at radius 3 is 2.67 bits per heavy atom. The number of amides is 1. The first-order valence-electron chi connectivity index (χ1n) is 8.95. The zero-order chi connectivity index (χ0) is 19.4. The quantitative estimate of drug-likeness (QED) is 0.797. The summed E-state index contributed by atoms with van der Waals surface area (Å²) < 4.78 is 12.7. The number of aliphatic hydroxyl groups excluding tert-OH is 1. The van der Waals surface area contributed by atoms with Crippen molar-refractivity contribution in [3.8, 4) is 0 Å². The second-order valence-corrected chi connectivity index (χ2v) is 6.21. The summed E-state index contributed by atoms with van der Waals surface area (Å²) in [6, 6.07) is 10.2. The van der Waals surface area contributed by atoms with E-state index in [0.717, 1.165) is 0 Å². The monoisotopic (exact) mass is 373 g/mol. The van der Waals surface area contributed by atoms with Crippen molar-refractivity contribution >= 4 is 11.7 Å². The van der Waals surface area contributed by atoms with Crippen molar-refractivity contribution in [2.45, 2.75) is 44.8 Å². The first kappa shape index (κ1) is 19.2. The zero-order valence-electron chi connectivity index (χ0n) is 15.2. The third-order valence-corrected chi connectivity index (χ3v) is 4.46. The lowest BCUT2D eigenvalue weighted by molar-refractivity contribution is -0.0672. The first-order chi connectivity index (χ1) is 13.0. The van der Waals surface area contributed by atoms with Crippen molar-refractivity contribution < 1.29 is 19.4 Å². The molecule has 1 fully saturated rings. The number of rotatable bonds is 6. The molecule has 2 N–H and O–H groups in total. The van der Waals surface area contributed by atoms with E-state index in [1.807, 2.05) is 19.9 Å². The summed E-state index contributed by atoms with van der Waals surface area (Å²) in [6.07, 6.45) is -0.611. The van der Waals surface area contributed by atoms with Gasteiger partial charge in [-0.1, -0.05) is 25.1 Å². The number of aromatic nitrogens is 2. The number of carbonyl (C=O) groups excluding carboxylic acids is 1. The van der Waals surface area contributed by atoms with Crippen LogP contribution in [0, 0.1) is 0 Å². The number of aliphatic hydroxyl groups is 1. The number of nitrogens with zero attached hydrogens (tertiary/aromatic N) is 2. The van der Waals surface area contributed by atoms with Gasteiger partial charge in [-0.05, 0) is 31.5 Å². The lowest BCUT2D eigenvalue weighted by atomic mass is 10.1. The van der Waals surface area contributed by atoms with Gasteiger partial charge in [-0.15, -0.1) is 0 Å². The Bertz CT molecular complexity index is 839. The van der Waals surface area contributed by atoms with Crippen LogP contribution in [0.2, 0.25) is 0 Å². The summed E-state index contributed by atoms with van der Waals surface area (Å²) in [4.78, 5) is 28.6. The number of anilines is 1. The van der Waals surface area contributed by atoms with Crippen molar-refractivity contribution in [3.05, 3.63) is 58.6 Å². The van der Waals surface area contributed by atoms with Crippen LogP contribution in [0.15, 0.2) is 47.4 Å². The minimum Gasteiger partial charge on any atom is -0.388 e. The summed E-state index contributed by atoms with van der Waals surface area (Å²) in [6.45, 7) is 4.08. The highest BCUT2D eigenvalue weighted by molar-refractivity contribution is 6.03. The Morgan fingerprint density at radius 1 is 1.30 bits per heavy atom. The predicted octanol–water partition coefficient (Wildman–Crippen LogP) is 1.57. The second kappa shape index (κ2) is 8.43. The molecule has 1 saturated heterocycles. The molecule has 1 aromatic heterocycles. The van der Waals surface area contributed by atoms with Gasteiger partial charge in [-0.25, -0.2) is 4.79 Å². The van der Waals surface area contributed by atoms with E-state index >= 15 is 0 Å². The van der Waals surface area contributed by atoms with Crippen molar-refractivity contribution in [2.75, 3.05) is 11.9 Å². The molecule has 144 valence electrons. The lowest BCUT2D eigenvalue weighted by Crippen LogP contribution is -2.37. The summed E-state index contributed by atoms with van der Waals surface area (Å²) in [5.41, 5.74) is -0.132. The minimum absolute atomic E-state index is 0.142. The van der Waals surface area contributed by atoms with Crippen LogP contribution in [0.3, 0.4) is 0 Å². The van der Waals surface area contributed by atoms with Gasteiger partial charge in [0.1, 0.15) is 18.0 Å². The Morgan fingerprint density at radius 2 is 2.04 bits per heavy atom. The maximum absolute atomic E-state index is 12.5. The minimum atomic E-state index is -0.829. The summed E-state index contributed by atoms with van der Waals surface area (Å²) in [7, 11) is 0. The van der Waals surface area contributed by atoms with Gasteiger partial charge >= 0.3 is 5.69 Å². The van der Waals surface area contributed by atoms with E-state index < -0.39 is 30.2 Å². The van der Waals surface area contributed by atoms with Gasteiger partial charge in [0.2, 0.25) is 0 Å². The van der Waals surface area contributed by atoms with Crippen molar-refractivity contribution in [1.29, 1.82) is 0 Å². The van der Waals surface area contributed by atoms with Crippen molar-refractivity contribution in [2.24, 2.45) is 0 Å². The molecule has 1 amide bonds. The largest absolute Gasteiger partial charge is 0.388 e. The van der Waals surface area contributed by atoms with Gasteiger partial charge in [-0.2, -0.15) is 4.98 Å². The number of hydrogen-bond acceptors (Lipinski definition) is 6. The fourth-order valence-corrected chi connectivity index (χ4v) is 3.11. The molecule has 1 aliphatic heterocycles. The van der Waals surface area contributed by atoms with Crippen molar-refractivity contribution in [1.82, 2.24) is 9.55 Å². The van der Waals surface area contributed by atoms with Crippen LogP contribution in [-0.2, 0) is 9.47 Å². The number of carbonyl (C=O) groups is 1. The smallest absolute Gasteiger partial charge is 0.351 e. The first-order valence-corrected chi connectivity index (χ1v) is 8.95. The second-order valence-electron chi connectivity index (χ2n) is 6.21. The Hall–Kier alpha value is -2.55. The SMILES string of the molecule is CCO[C@H]1C(O)[C@@H](CC)O[C@H]1n1ccc(NC(=O)c2ccccc2)nc1=O. The number of ether oxygens (including phenoxy) is 2. The molecule has 3 rings (SSSR count). The zero-order valence-corrected chi connectivity index (χ0v) is 15.2. The average Bonchev–Trinajstić information content (AvgIpc) is 2.99. The van der Waals surface area contributed by atoms with Crippen molar-refractivity contribution in [3.63, 3.8) is 0 Å². The summed E-state index contributed by atoms with van der Waals surface area (Å²) >= 11 is 0. The Labute approximate surface area is 156 Å². The molecule has 27 heavy (non-hydrogen) atoms. The molecule has 0 aliphatic carbocycles. The standard InChI is InChI=1S/C19H23N3O5/c1-3-13-15(23)16(26-4-2)18(27-13)22-11-10-14(21-19(22)25)20-17(24)12-8-6-5-7-9-12/h5-11,13,15-16,18,23H,3-4H2,1-2H3,(H,20,21,24,25)/t13-,15?,16+,18-/m1/s1. The highest BCUT2D eigenvalue weighted by atomic mass is 16.6. The molecule has 2 heterocycles. The molecule has 8 heteroatoms. The molecule has 0 spiro atoms. The van der Waals surface area contributed by atoms with Gasteiger partial charge < -0.3 is 19.9 Å². The van der Waals surface area contributed by atoms with Crippen LogP contribution in [0.25, 0.3) is 0 Å². The third kappa shape index (κ3) is 4.08. The van der Waals surface area contributed by atoms with E-state index in [4.69, 9.17) is 9.47 Å². The maximum Gasteiger partial charge on any atom is 0.351 e. The molecule has 0 saturated carbocycles. The van der Waals surface area contributed by atoms with Gasteiger partial charge in [-0.3, -0.25) is 9.36 Å². The van der Waals surface area contributed by atoms with Crippen LogP contribution < -0.4 is 11.0 Å². The Balaban J connectivity index is 1.80. The highest BCUT2D eigenvalue weighted by Crippen LogP contribution is 2.32. The van der Waals surface area contributed by atoms with Crippen LogP contribution in [0.5, 0.6) is 0 Å². The number of hydrogen-bond donors (Lipinski definition) is 2. The fourth-order valence-electron chi connectivity index (χ4n) is 3.11. The summed E-state index contributed by atoms with van der Waals surface area (Å²) in [5, 5.41) is 13.0. The molecule has 1 aromatic carbocycles. The van der Waals surface area contributed by atoms with E-state index in [1.54, 1.807) is 24.3 Å². The molecule has 0 radical (unpaired) electrons. The molecule has 4 atom stereocenters. The average molecular weight is 373 g/mol. The molecule has 1 unspecified atom stereocenters. The topological polar surface area (TPSA) is 103 Å². The normalized spacial score (nSPS) is 24.7. The molecular formula is C19H23N3O5. The number of nitrogens with one attached hydrogen (secondary N) is 1. The van der Waals surface area contributed by atoms with Crippen LogP contribution in [-0.4, -0.2) is 45.5 Å². The van der Waals surface area contributed by atoms with E-state index in [2.05, 4.69) is 10.3 Å². The van der Waals surface area contributed by atoms with Gasteiger partial charge in [0.25, 0.3) is 5.91 Å². The van der Waals surface area contributed by atoms with Crippen LogP contribution in [0.4, 0.5) is 5.82 Å².